The summed E-state index contributed by atoms with van der Waals surface area (Å²) in [5.41, 5.74) is 4.74. The molecule has 4 N–H and O–H groups in total. The lowest BCUT2D eigenvalue weighted by Crippen LogP contribution is -2.36. The summed E-state index contributed by atoms with van der Waals surface area (Å²) in [5, 5.41) is 13.6. The average molecular weight is 296 g/mol. The highest BCUT2D eigenvalue weighted by atomic mass is 35.5. The first-order valence-electron chi connectivity index (χ1n) is 4.92. The maximum absolute atomic E-state index is 9.98. The first-order valence-corrected chi connectivity index (χ1v) is 7.07. The zero-order chi connectivity index (χ0) is 13.1. The number of nitrogens with two attached hydrogens (primary N) is 1. The number of anilines is 2. The van der Waals surface area contributed by atoms with Gasteiger partial charge in [-0.1, -0.05) is 23.2 Å². The van der Waals surface area contributed by atoms with Crippen LogP contribution in [0.5, 0.6) is 0 Å². The normalized spacial score (nSPS) is 14.4. The van der Waals surface area contributed by atoms with Crippen LogP contribution in [0.3, 0.4) is 0 Å². The molecule has 0 saturated heterocycles. The van der Waals surface area contributed by atoms with Crippen LogP contribution < -0.4 is 11.1 Å². The van der Waals surface area contributed by atoms with Gasteiger partial charge in [-0.2, -0.15) is 11.8 Å². The van der Waals surface area contributed by atoms with Crippen LogP contribution in [0.2, 0.25) is 10.0 Å². The lowest BCUT2D eigenvalue weighted by atomic mass is 10.1. The average Bonchev–Trinajstić information content (AvgIpc) is 2.21. The number of nitrogens with one attached hydrogen (secondary N) is 1. The Labute approximate surface area is 115 Å². The van der Waals surface area contributed by atoms with Crippen molar-refractivity contribution in [3.63, 3.8) is 0 Å². The summed E-state index contributed by atoms with van der Waals surface area (Å²) in [5.74, 6) is 1.25. The monoisotopic (exact) mass is 295 g/mol. The first-order chi connectivity index (χ1) is 7.85. The van der Waals surface area contributed by atoms with Crippen LogP contribution in [-0.4, -0.2) is 34.2 Å². The number of hydrogen-bond donors (Lipinski definition) is 3. The zero-order valence-electron chi connectivity index (χ0n) is 9.63. The number of aromatic nitrogens is 1. The fourth-order valence-electron chi connectivity index (χ4n) is 1.24. The van der Waals surface area contributed by atoms with E-state index < -0.39 is 5.60 Å². The molecule has 0 aliphatic rings. The fraction of sp³-hybridized carbons (Fsp3) is 0.500. The molecular formula is C10H15Cl2N3OS. The van der Waals surface area contributed by atoms with E-state index in [-0.39, 0.29) is 5.82 Å². The van der Waals surface area contributed by atoms with Gasteiger partial charge in [0.25, 0.3) is 0 Å². The topological polar surface area (TPSA) is 71.2 Å². The molecule has 0 aliphatic heterocycles. The fourth-order valence-corrected chi connectivity index (χ4v) is 2.39. The van der Waals surface area contributed by atoms with Gasteiger partial charge in [0.15, 0.2) is 0 Å². The van der Waals surface area contributed by atoms with Crippen molar-refractivity contribution in [3.05, 3.63) is 16.1 Å². The van der Waals surface area contributed by atoms with Crippen molar-refractivity contribution in [3.8, 4) is 0 Å². The summed E-state index contributed by atoms with van der Waals surface area (Å²) >= 11 is 13.3. The number of aliphatic hydroxyl groups is 1. The maximum atomic E-state index is 9.98. The lowest BCUT2D eigenvalue weighted by Gasteiger charge is -2.23. The zero-order valence-corrected chi connectivity index (χ0v) is 12.0. The molecule has 0 amide bonds. The van der Waals surface area contributed by atoms with E-state index in [1.165, 1.54) is 6.07 Å². The van der Waals surface area contributed by atoms with Gasteiger partial charge in [0.1, 0.15) is 11.6 Å². The Bertz CT molecular complexity index is 401. The second-order valence-electron chi connectivity index (χ2n) is 3.97. The molecule has 4 nitrogen and oxygen atoms in total. The van der Waals surface area contributed by atoms with Crippen molar-refractivity contribution in [2.24, 2.45) is 0 Å². The van der Waals surface area contributed by atoms with E-state index in [1.807, 2.05) is 6.26 Å². The maximum Gasteiger partial charge on any atom is 0.147 e. The molecule has 0 spiro atoms. The summed E-state index contributed by atoms with van der Waals surface area (Å²) in [6.07, 6.45) is 1.93. The predicted molar refractivity (Wildman–Crippen MR) is 76.2 cm³/mol. The minimum Gasteiger partial charge on any atom is -0.387 e. The van der Waals surface area contributed by atoms with Gasteiger partial charge in [-0.05, 0) is 19.2 Å². The summed E-state index contributed by atoms with van der Waals surface area (Å²) < 4.78 is 0. The van der Waals surface area contributed by atoms with E-state index in [4.69, 9.17) is 28.9 Å². The predicted octanol–water partition coefficient (Wildman–Crippen LogP) is 2.50. The number of nitrogen functional groups attached to an aromatic ring is 1. The van der Waals surface area contributed by atoms with Gasteiger partial charge in [-0.3, -0.25) is 0 Å². The van der Waals surface area contributed by atoms with E-state index >= 15 is 0 Å². The SMILES string of the molecule is CSCC(C)(O)CNc1nc(N)c(Cl)cc1Cl. The highest BCUT2D eigenvalue weighted by Crippen LogP contribution is 2.27. The third kappa shape index (κ3) is 4.43. The van der Waals surface area contributed by atoms with Crippen molar-refractivity contribution in [2.75, 3.05) is 29.6 Å². The van der Waals surface area contributed by atoms with Crippen molar-refractivity contribution in [1.29, 1.82) is 0 Å². The number of halogens is 2. The van der Waals surface area contributed by atoms with Crippen molar-refractivity contribution < 1.29 is 5.11 Å². The van der Waals surface area contributed by atoms with Gasteiger partial charge >= 0.3 is 0 Å². The second-order valence-corrected chi connectivity index (χ2v) is 5.65. The summed E-state index contributed by atoms with van der Waals surface area (Å²) in [4.78, 5) is 4.02. The van der Waals surface area contributed by atoms with Crippen LogP contribution in [0, 0.1) is 0 Å². The van der Waals surface area contributed by atoms with Gasteiger partial charge in [0.2, 0.25) is 0 Å². The van der Waals surface area contributed by atoms with Gasteiger partial charge < -0.3 is 16.2 Å². The van der Waals surface area contributed by atoms with E-state index in [2.05, 4.69) is 10.3 Å². The van der Waals surface area contributed by atoms with Gasteiger partial charge in [0.05, 0.1) is 15.6 Å². The largest absolute Gasteiger partial charge is 0.387 e. The summed E-state index contributed by atoms with van der Waals surface area (Å²) in [6.45, 7) is 2.07. The molecule has 96 valence electrons. The smallest absolute Gasteiger partial charge is 0.147 e. The van der Waals surface area contributed by atoms with E-state index in [1.54, 1.807) is 18.7 Å². The second kappa shape index (κ2) is 6.00. The lowest BCUT2D eigenvalue weighted by molar-refractivity contribution is 0.0996. The van der Waals surface area contributed by atoms with Crippen LogP contribution in [0.15, 0.2) is 6.07 Å². The Morgan fingerprint density at radius 3 is 2.76 bits per heavy atom. The molecule has 1 atom stereocenters. The van der Waals surface area contributed by atoms with Gasteiger partial charge in [0, 0.05) is 12.3 Å². The standard InChI is InChI=1S/C10H15Cl2N3OS/c1-10(16,5-17-2)4-14-9-7(12)3-6(11)8(13)15-9/h3,16H,4-5H2,1-2H3,(H3,13,14,15). The Balaban J connectivity index is 2.73. The van der Waals surface area contributed by atoms with E-state index in [0.717, 1.165) is 0 Å². The van der Waals surface area contributed by atoms with E-state index in [9.17, 15) is 5.11 Å². The molecule has 17 heavy (non-hydrogen) atoms. The van der Waals surface area contributed by atoms with Crippen molar-refractivity contribution >= 4 is 46.6 Å². The van der Waals surface area contributed by atoms with Crippen LogP contribution >= 0.6 is 35.0 Å². The number of thioether (sulfide) groups is 1. The number of pyridine rings is 1. The minimum absolute atomic E-state index is 0.211. The minimum atomic E-state index is -0.835. The highest BCUT2D eigenvalue weighted by molar-refractivity contribution is 7.98. The van der Waals surface area contributed by atoms with Crippen LogP contribution in [0.1, 0.15) is 6.92 Å². The molecule has 1 unspecified atom stereocenters. The third-order valence-electron chi connectivity index (χ3n) is 2.05. The molecule has 0 fully saturated rings. The Hall–Kier alpha value is -0.360. The van der Waals surface area contributed by atoms with Crippen LogP contribution in [0.4, 0.5) is 11.6 Å². The highest BCUT2D eigenvalue weighted by Gasteiger charge is 2.20. The molecule has 1 aromatic rings. The van der Waals surface area contributed by atoms with Gasteiger partial charge in [-0.25, -0.2) is 4.98 Å². The molecule has 0 bridgehead atoms. The Morgan fingerprint density at radius 2 is 2.18 bits per heavy atom. The third-order valence-corrected chi connectivity index (χ3v) is 3.55. The summed E-state index contributed by atoms with van der Waals surface area (Å²) in [6, 6.07) is 1.52. The first kappa shape index (κ1) is 14.7. The molecule has 0 aromatic carbocycles. The molecule has 1 heterocycles. The molecule has 0 aliphatic carbocycles. The molecule has 0 saturated carbocycles. The number of hydrogen-bond acceptors (Lipinski definition) is 5. The van der Waals surface area contributed by atoms with Crippen molar-refractivity contribution in [1.82, 2.24) is 4.98 Å². The molecule has 0 radical (unpaired) electrons. The number of rotatable bonds is 5. The molecule has 7 heteroatoms. The molecule has 1 rings (SSSR count). The van der Waals surface area contributed by atoms with Gasteiger partial charge in [-0.15, -0.1) is 0 Å². The van der Waals surface area contributed by atoms with Crippen molar-refractivity contribution in [2.45, 2.75) is 12.5 Å². The van der Waals surface area contributed by atoms with Crippen LogP contribution in [0.25, 0.3) is 0 Å². The van der Waals surface area contributed by atoms with E-state index in [0.29, 0.717) is 28.2 Å². The van der Waals surface area contributed by atoms with Crippen LogP contribution in [-0.2, 0) is 0 Å². The quantitative estimate of drug-likeness (QED) is 0.778. The molecular weight excluding hydrogens is 281 g/mol. The number of nitrogens with zero attached hydrogens (tertiary/aromatic N) is 1. The molecule has 1 aromatic heterocycles. The Kier molecular flexibility index (Phi) is 5.19. The summed E-state index contributed by atoms with van der Waals surface area (Å²) in [7, 11) is 0. The Morgan fingerprint density at radius 1 is 1.53 bits per heavy atom.